The zero-order valence-corrected chi connectivity index (χ0v) is 12.6. The van der Waals surface area contributed by atoms with E-state index in [4.69, 9.17) is 4.74 Å². The number of fused-ring (bicyclic) bond motifs is 1. The summed E-state index contributed by atoms with van der Waals surface area (Å²) in [5.41, 5.74) is 3.26. The van der Waals surface area contributed by atoms with Crippen molar-refractivity contribution in [3.05, 3.63) is 65.0 Å². The quantitative estimate of drug-likeness (QED) is 0.817. The van der Waals surface area contributed by atoms with E-state index in [2.05, 4.69) is 6.07 Å². The van der Waals surface area contributed by atoms with Gasteiger partial charge in [-0.25, -0.2) is 4.39 Å². The summed E-state index contributed by atoms with van der Waals surface area (Å²) in [6, 6.07) is 13.1. The highest BCUT2D eigenvalue weighted by atomic mass is 19.1. The average Bonchev–Trinajstić information content (AvgIpc) is 2.91. The van der Waals surface area contributed by atoms with Gasteiger partial charge in [-0.2, -0.15) is 0 Å². The molecular weight excluding hydrogens is 279 g/mol. The van der Waals surface area contributed by atoms with Gasteiger partial charge in [0.15, 0.2) is 11.6 Å². The van der Waals surface area contributed by atoms with Crippen LogP contribution in [0.4, 0.5) is 4.39 Å². The molecule has 0 spiro atoms. The Labute approximate surface area is 129 Å². The summed E-state index contributed by atoms with van der Waals surface area (Å²) >= 11 is 0. The van der Waals surface area contributed by atoms with Crippen molar-refractivity contribution < 1.29 is 13.9 Å². The van der Waals surface area contributed by atoms with Gasteiger partial charge in [0.05, 0.1) is 0 Å². The molecule has 2 aromatic rings. The van der Waals surface area contributed by atoms with Gasteiger partial charge in [0.25, 0.3) is 0 Å². The zero-order valence-electron chi connectivity index (χ0n) is 12.6. The molecule has 1 unspecified atom stereocenters. The fraction of sp³-hybridized carbons (Fsp3) is 0.316. The number of rotatable bonds is 5. The Hall–Kier alpha value is -2.16. The summed E-state index contributed by atoms with van der Waals surface area (Å²) < 4.78 is 20.1. The molecule has 0 amide bonds. The summed E-state index contributed by atoms with van der Waals surface area (Å²) in [7, 11) is 0. The van der Waals surface area contributed by atoms with Crippen molar-refractivity contribution in [2.75, 3.05) is 0 Å². The Morgan fingerprint density at radius 1 is 1.27 bits per heavy atom. The van der Waals surface area contributed by atoms with Gasteiger partial charge in [-0.15, -0.1) is 0 Å². The fourth-order valence-corrected chi connectivity index (χ4v) is 2.91. The highest BCUT2D eigenvalue weighted by molar-refractivity contribution is 5.75. The summed E-state index contributed by atoms with van der Waals surface area (Å²) in [4.78, 5) is 11.0. The SMILES string of the molecule is CC(=O)CCc1ccc(OC2CCc3ccccc32)c(F)c1. The molecule has 2 aromatic carbocycles. The third-order valence-electron chi connectivity index (χ3n) is 4.11. The van der Waals surface area contributed by atoms with Crippen LogP contribution < -0.4 is 4.74 Å². The molecule has 1 aliphatic carbocycles. The van der Waals surface area contributed by atoms with Crippen molar-refractivity contribution in [3.8, 4) is 5.75 Å². The van der Waals surface area contributed by atoms with E-state index < -0.39 is 0 Å². The molecule has 3 heteroatoms. The first kappa shape index (κ1) is 14.8. The summed E-state index contributed by atoms with van der Waals surface area (Å²) in [5.74, 6) is 0.0435. The van der Waals surface area contributed by atoms with Crippen LogP contribution in [0.15, 0.2) is 42.5 Å². The van der Waals surface area contributed by atoms with E-state index in [0.29, 0.717) is 12.8 Å². The predicted octanol–water partition coefficient (Wildman–Crippen LogP) is 4.41. The summed E-state index contributed by atoms with van der Waals surface area (Å²) in [6.45, 7) is 1.55. The largest absolute Gasteiger partial charge is 0.483 e. The second-order valence-electron chi connectivity index (χ2n) is 5.81. The number of hydrogen-bond donors (Lipinski definition) is 0. The minimum atomic E-state index is -0.356. The lowest BCUT2D eigenvalue weighted by Crippen LogP contribution is -2.05. The minimum Gasteiger partial charge on any atom is -0.483 e. The Balaban J connectivity index is 1.72. The third-order valence-corrected chi connectivity index (χ3v) is 4.11. The first-order valence-electron chi connectivity index (χ1n) is 7.66. The van der Waals surface area contributed by atoms with E-state index in [9.17, 15) is 9.18 Å². The van der Waals surface area contributed by atoms with E-state index in [-0.39, 0.29) is 23.5 Å². The van der Waals surface area contributed by atoms with Gasteiger partial charge in [0, 0.05) is 6.42 Å². The first-order chi connectivity index (χ1) is 10.6. The topological polar surface area (TPSA) is 26.3 Å². The van der Waals surface area contributed by atoms with Crippen molar-refractivity contribution >= 4 is 5.78 Å². The van der Waals surface area contributed by atoms with Gasteiger partial charge in [-0.3, -0.25) is 0 Å². The number of carbonyl (C=O) groups excluding carboxylic acids is 1. The van der Waals surface area contributed by atoms with Gasteiger partial charge < -0.3 is 9.53 Å². The lowest BCUT2D eigenvalue weighted by Gasteiger charge is -2.16. The molecule has 2 nitrogen and oxygen atoms in total. The van der Waals surface area contributed by atoms with Crippen LogP contribution in [0, 0.1) is 5.82 Å². The Morgan fingerprint density at radius 2 is 2.09 bits per heavy atom. The lowest BCUT2D eigenvalue weighted by atomic mass is 10.1. The second kappa shape index (κ2) is 6.30. The molecular formula is C19H19FO2. The molecule has 0 aliphatic heterocycles. The Bertz CT molecular complexity index is 694. The molecule has 0 aromatic heterocycles. The fourth-order valence-electron chi connectivity index (χ4n) is 2.91. The van der Waals surface area contributed by atoms with Gasteiger partial charge in [-0.05, 0) is 55.0 Å². The van der Waals surface area contributed by atoms with Crippen molar-refractivity contribution in [2.24, 2.45) is 0 Å². The van der Waals surface area contributed by atoms with E-state index in [1.54, 1.807) is 13.0 Å². The maximum absolute atomic E-state index is 14.2. The maximum atomic E-state index is 14.2. The first-order valence-corrected chi connectivity index (χ1v) is 7.66. The van der Waals surface area contributed by atoms with Crippen molar-refractivity contribution in [2.45, 2.75) is 38.7 Å². The number of Topliss-reactive ketones (excluding diaryl/α,β-unsaturated/α-hetero) is 1. The molecule has 0 N–H and O–H groups in total. The number of ketones is 1. The Kier molecular flexibility index (Phi) is 4.23. The molecule has 0 heterocycles. The minimum absolute atomic E-state index is 0.0752. The molecule has 0 bridgehead atoms. The maximum Gasteiger partial charge on any atom is 0.165 e. The molecule has 0 saturated heterocycles. The number of hydrogen-bond acceptors (Lipinski definition) is 2. The highest BCUT2D eigenvalue weighted by Gasteiger charge is 2.24. The third kappa shape index (κ3) is 3.19. The van der Waals surface area contributed by atoms with Gasteiger partial charge >= 0.3 is 0 Å². The number of benzene rings is 2. The molecule has 0 fully saturated rings. The van der Waals surface area contributed by atoms with Crippen LogP contribution in [0.3, 0.4) is 0 Å². The number of halogens is 1. The molecule has 1 aliphatic rings. The van der Waals surface area contributed by atoms with Crippen LogP contribution in [0.5, 0.6) is 5.75 Å². The number of aryl methyl sites for hydroxylation is 2. The van der Waals surface area contributed by atoms with E-state index in [1.165, 1.54) is 11.6 Å². The molecule has 114 valence electrons. The lowest BCUT2D eigenvalue weighted by molar-refractivity contribution is -0.116. The molecule has 0 radical (unpaired) electrons. The van der Waals surface area contributed by atoms with E-state index >= 15 is 0 Å². The van der Waals surface area contributed by atoms with Gasteiger partial charge in [-0.1, -0.05) is 30.3 Å². The van der Waals surface area contributed by atoms with Crippen molar-refractivity contribution in [1.82, 2.24) is 0 Å². The molecule has 0 saturated carbocycles. The molecule has 1 atom stereocenters. The van der Waals surface area contributed by atoms with Crippen molar-refractivity contribution in [3.63, 3.8) is 0 Å². The van der Waals surface area contributed by atoms with Crippen LogP contribution in [0.2, 0.25) is 0 Å². The number of ether oxygens (including phenoxy) is 1. The second-order valence-corrected chi connectivity index (χ2v) is 5.81. The predicted molar refractivity (Wildman–Crippen MR) is 83.5 cm³/mol. The molecule has 3 rings (SSSR count). The number of carbonyl (C=O) groups is 1. The zero-order chi connectivity index (χ0) is 15.5. The monoisotopic (exact) mass is 298 g/mol. The van der Waals surface area contributed by atoms with E-state index in [0.717, 1.165) is 24.0 Å². The smallest absolute Gasteiger partial charge is 0.165 e. The summed E-state index contributed by atoms with van der Waals surface area (Å²) in [6.07, 6.45) is 2.78. The standard InChI is InChI=1S/C19H19FO2/c1-13(21)6-7-14-8-10-19(17(20)12-14)22-18-11-9-15-4-2-3-5-16(15)18/h2-5,8,10,12,18H,6-7,9,11H2,1H3. The summed E-state index contributed by atoms with van der Waals surface area (Å²) in [5, 5.41) is 0. The molecule has 22 heavy (non-hydrogen) atoms. The van der Waals surface area contributed by atoms with Crippen LogP contribution in [-0.2, 0) is 17.6 Å². The van der Waals surface area contributed by atoms with E-state index in [1.807, 2.05) is 24.3 Å². The van der Waals surface area contributed by atoms with Crippen molar-refractivity contribution in [1.29, 1.82) is 0 Å². The van der Waals surface area contributed by atoms with Crippen LogP contribution >= 0.6 is 0 Å². The highest BCUT2D eigenvalue weighted by Crippen LogP contribution is 2.35. The Morgan fingerprint density at radius 3 is 2.86 bits per heavy atom. The average molecular weight is 298 g/mol. The van der Waals surface area contributed by atoms with Crippen LogP contribution in [0.1, 0.15) is 42.6 Å². The van der Waals surface area contributed by atoms with Crippen LogP contribution in [-0.4, -0.2) is 5.78 Å². The normalized spacial score (nSPS) is 16.4. The van der Waals surface area contributed by atoms with Gasteiger partial charge in [0.2, 0.25) is 0 Å². The van der Waals surface area contributed by atoms with Crippen LogP contribution in [0.25, 0.3) is 0 Å². The van der Waals surface area contributed by atoms with Gasteiger partial charge in [0.1, 0.15) is 11.9 Å².